The van der Waals surface area contributed by atoms with E-state index in [1.807, 2.05) is 6.07 Å². The first-order chi connectivity index (χ1) is 10.6. The third-order valence-electron chi connectivity index (χ3n) is 3.76. The molecule has 116 valence electrons. The van der Waals surface area contributed by atoms with Gasteiger partial charge in [0.25, 0.3) is 0 Å². The van der Waals surface area contributed by atoms with Crippen LogP contribution in [0, 0.1) is 24.1 Å². The maximum Gasteiger partial charge on any atom is 0.210 e. The van der Waals surface area contributed by atoms with Crippen LogP contribution in [0.15, 0.2) is 6.07 Å². The van der Waals surface area contributed by atoms with Gasteiger partial charge in [-0.2, -0.15) is 5.26 Å². The summed E-state index contributed by atoms with van der Waals surface area (Å²) in [5, 5.41) is 17.3. The molecular weight excluding hydrogens is 285 g/mol. The zero-order valence-electron chi connectivity index (χ0n) is 12.6. The Labute approximate surface area is 128 Å². The van der Waals surface area contributed by atoms with E-state index in [0.717, 1.165) is 17.7 Å². The fourth-order valence-corrected chi connectivity index (χ4v) is 2.64. The smallest absolute Gasteiger partial charge is 0.210 e. The number of nitrogens with zero attached hydrogens (tertiary/aromatic N) is 2. The zero-order valence-corrected chi connectivity index (χ0v) is 12.6. The van der Waals surface area contributed by atoms with Crippen molar-refractivity contribution in [1.82, 2.24) is 9.88 Å². The normalized spacial score (nSPS) is 13.1. The lowest BCUT2D eigenvalue weighted by Gasteiger charge is -2.22. The molecule has 0 spiro atoms. The van der Waals surface area contributed by atoms with Crippen molar-refractivity contribution in [3.05, 3.63) is 34.3 Å². The number of halogens is 1. The predicted octanol–water partition coefficient (Wildman–Crippen LogP) is 2.00. The van der Waals surface area contributed by atoms with E-state index in [1.165, 1.54) is 0 Å². The SMILES string of the molecule is CCO.Cc1c(C#N)cc2c3c([nH]c2c1F)CCN(C=O)C3. The Morgan fingerprint density at radius 1 is 1.59 bits per heavy atom. The minimum atomic E-state index is -0.374. The molecule has 0 radical (unpaired) electrons. The number of aliphatic hydroxyl groups excluding tert-OH is 1. The van der Waals surface area contributed by atoms with Gasteiger partial charge in [0.05, 0.1) is 17.1 Å². The molecule has 0 saturated carbocycles. The summed E-state index contributed by atoms with van der Waals surface area (Å²) >= 11 is 0. The average Bonchev–Trinajstić information content (AvgIpc) is 2.89. The minimum absolute atomic E-state index is 0.250. The number of rotatable bonds is 1. The summed E-state index contributed by atoms with van der Waals surface area (Å²) in [6, 6.07) is 3.72. The van der Waals surface area contributed by atoms with Gasteiger partial charge in [-0.3, -0.25) is 4.79 Å². The van der Waals surface area contributed by atoms with E-state index in [9.17, 15) is 9.18 Å². The molecule has 1 aromatic carbocycles. The Morgan fingerprint density at radius 2 is 2.27 bits per heavy atom. The molecule has 22 heavy (non-hydrogen) atoms. The van der Waals surface area contributed by atoms with E-state index in [0.29, 0.717) is 41.5 Å². The fraction of sp³-hybridized carbons (Fsp3) is 0.375. The third kappa shape index (κ3) is 2.68. The van der Waals surface area contributed by atoms with E-state index >= 15 is 0 Å². The van der Waals surface area contributed by atoms with Gasteiger partial charge in [-0.05, 0) is 19.9 Å². The average molecular weight is 303 g/mol. The number of carbonyl (C=O) groups is 1. The second-order valence-corrected chi connectivity index (χ2v) is 5.12. The highest BCUT2D eigenvalue weighted by Crippen LogP contribution is 2.31. The standard InChI is InChI=1S/C14H12FN3O.C2H6O/c1-8-9(5-16)4-10-11-6-18(7-19)3-2-12(11)17-14(10)13(8)15;1-2-3/h4,7,17H,2-3,6H2,1H3;3H,2H2,1H3. The van der Waals surface area contributed by atoms with E-state index in [1.54, 1.807) is 24.8 Å². The number of H-pyrrole nitrogens is 1. The molecule has 0 atom stereocenters. The van der Waals surface area contributed by atoms with E-state index in [2.05, 4.69) is 4.98 Å². The van der Waals surface area contributed by atoms with Crippen LogP contribution in [0.25, 0.3) is 10.9 Å². The summed E-state index contributed by atoms with van der Waals surface area (Å²) in [6.07, 6.45) is 1.49. The van der Waals surface area contributed by atoms with Gasteiger partial charge in [0, 0.05) is 48.3 Å². The summed E-state index contributed by atoms with van der Waals surface area (Å²) in [5.41, 5.74) is 3.02. The number of aromatic amines is 1. The Morgan fingerprint density at radius 3 is 2.86 bits per heavy atom. The Hall–Kier alpha value is -2.39. The van der Waals surface area contributed by atoms with Crippen molar-refractivity contribution >= 4 is 17.3 Å². The molecule has 1 aromatic heterocycles. The van der Waals surface area contributed by atoms with Gasteiger partial charge < -0.3 is 15.0 Å². The largest absolute Gasteiger partial charge is 0.397 e. The van der Waals surface area contributed by atoms with Gasteiger partial charge in [-0.15, -0.1) is 0 Å². The topological polar surface area (TPSA) is 80.1 Å². The van der Waals surface area contributed by atoms with Gasteiger partial charge in [0.2, 0.25) is 6.41 Å². The maximum absolute atomic E-state index is 14.2. The molecule has 2 aromatic rings. The van der Waals surface area contributed by atoms with Crippen molar-refractivity contribution < 1.29 is 14.3 Å². The molecule has 1 aliphatic rings. The molecule has 5 nitrogen and oxygen atoms in total. The van der Waals surface area contributed by atoms with Crippen LogP contribution in [0.3, 0.4) is 0 Å². The first-order valence-electron chi connectivity index (χ1n) is 7.10. The lowest BCUT2D eigenvalue weighted by Crippen LogP contribution is -2.28. The molecule has 2 N–H and O–H groups in total. The van der Waals surface area contributed by atoms with Gasteiger partial charge in [-0.25, -0.2) is 4.39 Å². The molecule has 6 heteroatoms. The molecular formula is C16H18FN3O2. The number of nitriles is 1. The van der Waals surface area contributed by atoms with Crippen LogP contribution < -0.4 is 0 Å². The molecule has 0 saturated heterocycles. The molecule has 2 heterocycles. The quantitative estimate of drug-likeness (QED) is 0.791. The molecule has 0 bridgehead atoms. The predicted molar refractivity (Wildman–Crippen MR) is 80.6 cm³/mol. The Kier molecular flexibility index (Phi) is 4.78. The van der Waals surface area contributed by atoms with Crippen molar-refractivity contribution in [3.63, 3.8) is 0 Å². The lowest BCUT2D eigenvalue weighted by atomic mass is 10.0. The second kappa shape index (κ2) is 6.58. The van der Waals surface area contributed by atoms with Crippen molar-refractivity contribution in [1.29, 1.82) is 5.26 Å². The zero-order chi connectivity index (χ0) is 16.3. The van der Waals surface area contributed by atoms with Crippen LogP contribution in [0.5, 0.6) is 0 Å². The Balaban J connectivity index is 0.000000545. The lowest BCUT2D eigenvalue weighted by molar-refractivity contribution is -0.118. The molecule has 1 amide bonds. The van der Waals surface area contributed by atoms with Gasteiger partial charge >= 0.3 is 0 Å². The van der Waals surface area contributed by atoms with Gasteiger partial charge in [0.1, 0.15) is 0 Å². The first-order valence-corrected chi connectivity index (χ1v) is 7.10. The molecule has 1 aliphatic heterocycles. The highest BCUT2D eigenvalue weighted by molar-refractivity contribution is 5.88. The molecule has 0 unspecified atom stereocenters. The van der Waals surface area contributed by atoms with Gasteiger partial charge in [-0.1, -0.05) is 0 Å². The van der Waals surface area contributed by atoms with Crippen LogP contribution in [0.1, 0.15) is 29.3 Å². The van der Waals surface area contributed by atoms with Crippen LogP contribution in [-0.2, 0) is 17.8 Å². The van der Waals surface area contributed by atoms with Crippen molar-refractivity contribution in [3.8, 4) is 6.07 Å². The fourth-order valence-electron chi connectivity index (χ4n) is 2.64. The van der Waals surface area contributed by atoms with E-state index < -0.39 is 0 Å². The van der Waals surface area contributed by atoms with Crippen molar-refractivity contribution in [2.24, 2.45) is 0 Å². The Bertz CT molecular complexity index is 746. The number of fused-ring (bicyclic) bond motifs is 3. The molecule has 0 fully saturated rings. The summed E-state index contributed by atoms with van der Waals surface area (Å²) < 4.78 is 14.2. The number of hydrogen-bond donors (Lipinski definition) is 2. The minimum Gasteiger partial charge on any atom is -0.397 e. The van der Waals surface area contributed by atoms with Gasteiger partial charge in [0.15, 0.2) is 5.82 Å². The number of aliphatic hydroxyl groups is 1. The van der Waals surface area contributed by atoms with Crippen molar-refractivity contribution in [2.45, 2.75) is 26.8 Å². The molecule has 0 aliphatic carbocycles. The van der Waals surface area contributed by atoms with Crippen LogP contribution in [0.2, 0.25) is 0 Å². The first kappa shape index (κ1) is 16.0. The number of benzene rings is 1. The monoisotopic (exact) mass is 303 g/mol. The second-order valence-electron chi connectivity index (χ2n) is 5.12. The van der Waals surface area contributed by atoms with E-state index in [4.69, 9.17) is 10.4 Å². The molecule has 3 rings (SSSR count). The highest BCUT2D eigenvalue weighted by Gasteiger charge is 2.22. The van der Waals surface area contributed by atoms with Crippen LogP contribution >= 0.6 is 0 Å². The number of nitrogens with one attached hydrogen (secondary N) is 1. The third-order valence-corrected chi connectivity index (χ3v) is 3.76. The summed E-state index contributed by atoms with van der Waals surface area (Å²) in [4.78, 5) is 15.6. The van der Waals surface area contributed by atoms with E-state index in [-0.39, 0.29) is 12.4 Å². The van der Waals surface area contributed by atoms with Crippen LogP contribution in [0.4, 0.5) is 4.39 Å². The van der Waals surface area contributed by atoms with Crippen LogP contribution in [-0.4, -0.2) is 34.6 Å². The summed E-state index contributed by atoms with van der Waals surface area (Å²) in [5.74, 6) is -0.374. The number of aromatic nitrogens is 1. The maximum atomic E-state index is 14.2. The number of amides is 1. The summed E-state index contributed by atoms with van der Waals surface area (Å²) in [6.45, 7) is 4.63. The van der Waals surface area contributed by atoms with Crippen molar-refractivity contribution in [2.75, 3.05) is 13.2 Å². The number of hydrogen-bond acceptors (Lipinski definition) is 3. The highest BCUT2D eigenvalue weighted by atomic mass is 19.1. The summed E-state index contributed by atoms with van der Waals surface area (Å²) in [7, 11) is 0. The number of carbonyl (C=O) groups excluding carboxylic acids is 1.